The lowest BCUT2D eigenvalue weighted by Crippen LogP contribution is -2.48. The molecular weight excluding hydrogens is 425 g/mol. The van der Waals surface area contributed by atoms with E-state index in [2.05, 4.69) is 15.5 Å². The molecule has 0 radical (unpaired) electrons. The number of nitrogens with zero attached hydrogens (tertiary/aromatic N) is 1. The molecule has 2 N–H and O–H groups in total. The molecule has 0 saturated carbocycles. The van der Waals surface area contributed by atoms with E-state index in [1.54, 1.807) is 23.5 Å². The standard InChI is InChI=1S/C25H26FN3O2S/c26-21-8-10-22(11-9-21)28-25(31)20-13-19(24(30)27-14-23-7-4-12-32-23)16-29(17-20)15-18-5-2-1-3-6-18/h1-12,19-20H,13-17H2,(H,27,30)(H,28,31)/t19-,20+/m0/s1. The molecule has 2 heterocycles. The Morgan fingerprint density at radius 1 is 0.938 bits per heavy atom. The Bertz CT molecular complexity index is 1030. The first kappa shape index (κ1) is 22.2. The summed E-state index contributed by atoms with van der Waals surface area (Å²) in [5.74, 6) is -1.15. The van der Waals surface area contributed by atoms with Crippen molar-refractivity contribution in [3.63, 3.8) is 0 Å². The molecule has 0 spiro atoms. The predicted octanol–water partition coefficient (Wildman–Crippen LogP) is 4.28. The van der Waals surface area contributed by atoms with Gasteiger partial charge >= 0.3 is 0 Å². The van der Waals surface area contributed by atoms with Gasteiger partial charge in [0.25, 0.3) is 0 Å². The van der Waals surface area contributed by atoms with Crippen molar-refractivity contribution in [3.8, 4) is 0 Å². The van der Waals surface area contributed by atoms with E-state index in [0.717, 1.165) is 10.4 Å². The summed E-state index contributed by atoms with van der Waals surface area (Å²) in [6.45, 7) is 2.34. The number of hydrogen-bond acceptors (Lipinski definition) is 4. The number of anilines is 1. The van der Waals surface area contributed by atoms with Crippen LogP contribution >= 0.6 is 11.3 Å². The third kappa shape index (κ3) is 6.02. The number of hydrogen-bond donors (Lipinski definition) is 2. The lowest BCUT2D eigenvalue weighted by Gasteiger charge is -2.36. The number of amides is 2. The molecule has 2 atom stereocenters. The van der Waals surface area contributed by atoms with Gasteiger partial charge in [0.1, 0.15) is 5.82 Å². The number of nitrogens with one attached hydrogen (secondary N) is 2. The Kier molecular flexibility index (Phi) is 7.29. The second-order valence-corrected chi connectivity index (χ2v) is 9.13. The zero-order chi connectivity index (χ0) is 22.3. The molecule has 0 unspecified atom stereocenters. The Morgan fingerprint density at radius 3 is 2.34 bits per heavy atom. The first-order valence-electron chi connectivity index (χ1n) is 10.7. The van der Waals surface area contributed by atoms with Crippen LogP contribution < -0.4 is 10.6 Å². The first-order valence-corrected chi connectivity index (χ1v) is 11.6. The highest BCUT2D eigenvalue weighted by atomic mass is 32.1. The Labute approximate surface area is 191 Å². The van der Waals surface area contributed by atoms with E-state index < -0.39 is 0 Å². The number of likely N-dealkylation sites (tertiary alicyclic amines) is 1. The van der Waals surface area contributed by atoms with Crippen molar-refractivity contribution in [2.45, 2.75) is 19.5 Å². The molecule has 1 fully saturated rings. The van der Waals surface area contributed by atoms with Gasteiger partial charge in [-0.05, 0) is 47.7 Å². The minimum Gasteiger partial charge on any atom is -0.351 e. The second-order valence-electron chi connectivity index (χ2n) is 8.10. The van der Waals surface area contributed by atoms with E-state index in [1.165, 1.54) is 12.1 Å². The van der Waals surface area contributed by atoms with Crippen molar-refractivity contribution in [3.05, 3.63) is 88.4 Å². The Balaban J connectivity index is 1.44. The van der Waals surface area contributed by atoms with E-state index in [4.69, 9.17) is 0 Å². The van der Waals surface area contributed by atoms with Gasteiger partial charge in [0.2, 0.25) is 11.8 Å². The molecule has 2 amide bonds. The molecule has 1 aromatic heterocycles. The zero-order valence-electron chi connectivity index (χ0n) is 17.7. The van der Waals surface area contributed by atoms with Gasteiger partial charge in [-0.15, -0.1) is 11.3 Å². The highest BCUT2D eigenvalue weighted by Gasteiger charge is 2.35. The van der Waals surface area contributed by atoms with E-state index in [-0.39, 0.29) is 29.5 Å². The van der Waals surface area contributed by atoms with E-state index in [1.807, 2.05) is 47.8 Å². The van der Waals surface area contributed by atoms with E-state index in [0.29, 0.717) is 38.3 Å². The third-order valence-corrected chi connectivity index (χ3v) is 6.52. The molecule has 3 aromatic rings. The molecule has 0 bridgehead atoms. The summed E-state index contributed by atoms with van der Waals surface area (Å²) in [5.41, 5.74) is 1.69. The van der Waals surface area contributed by atoms with E-state index in [9.17, 15) is 14.0 Å². The maximum absolute atomic E-state index is 13.2. The molecule has 2 aromatic carbocycles. The molecule has 1 saturated heterocycles. The molecule has 0 aliphatic carbocycles. The van der Waals surface area contributed by atoms with Crippen LogP contribution in [-0.2, 0) is 22.7 Å². The third-order valence-electron chi connectivity index (χ3n) is 5.65. The van der Waals surface area contributed by atoms with Gasteiger partial charge in [-0.3, -0.25) is 14.5 Å². The maximum atomic E-state index is 13.2. The van der Waals surface area contributed by atoms with E-state index >= 15 is 0 Å². The smallest absolute Gasteiger partial charge is 0.228 e. The summed E-state index contributed by atoms with van der Waals surface area (Å²) >= 11 is 1.61. The van der Waals surface area contributed by atoms with Crippen LogP contribution in [0.2, 0.25) is 0 Å². The molecule has 5 nitrogen and oxygen atoms in total. The normalized spacial score (nSPS) is 18.8. The summed E-state index contributed by atoms with van der Waals surface area (Å²) in [6.07, 6.45) is 0.481. The fraction of sp³-hybridized carbons (Fsp3) is 0.280. The highest BCUT2D eigenvalue weighted by Crippen LogP contribution is 2.25. The van der Waals surface area contributed by atoms with Gasteiger partial charge in [0.05, 0.1) is 18.4 Å². The molecule has 4 rings (SSSR count). The summed E-state index contributed by atoms with van der Waals surface area (Å²) < 4.78 is 13.2. The molecular formula is C25H26FN3O2S. The molecule has 1 aliphatic heterocycles. The van der Waals surface area contributed by atoms with Crippen molar-refractivity contribution in [1.82, 2.24) is 10.2 Å². The summed E-state index contributed by atoms with van der Waals surface area (Å²) in [5, 5.41) is 7.89. The van der Waals surface area contributed by atoms with Crippen LogP contribution in [0.15, 0.2) is 72.1 Å². The van der Waals surface area contributed by atoms with Crippen LogP contribution in [0.5, 0.6) is 0 Å². The molecule has 166 valence electrons. The quantitative estimate of drug-likeness (QED) is 0.564. The van der Waals surface area contributed by atoms with Crippen molar-refractivity contribution in [1.29, 1.82) is 0 Å². The van der Waals surface area contributed by atoms with Crippen molar-refractivity contribution < 1.29 is 14.0 Å². The fourth-order valence-electron chi connectivity index (χ4n) is 4.05. The number of piperidine rings is 1. The summed E-state index contributed by atoms with van der Waals surface area (Å²) in [4.78, 5) is 29.2. The van der Waals surface area contributed by atoms with Crippen LogP contribution in [-0.4, -0.2) is 29.8 Å². The van der Waals surface area contributed by atoms with Gasteiger partial charge in [-0.2, -0.15) is 0 Å². The molecule has 32 heavy (non-hydrogen) atoms. The lowest BCUT2D eigenvalue weighted by molar-refractivity contribution is -0.130. The average Bonchev–Trinajstić information content (AvgIpc) is 3.33. The summed E-state index contributed by atoms with van der Waals surface area (Å²) in [6, 6.07) is 19.7. The number of rotatable bonds is 7. The lowest BCUT2D eigenvalue weighted by atomic mass is 9.87. The number of benzene rings is 2. The monoisotopic (exact) mass is 451 g/mol. The zero-order valence-corrected chi connectivity index (χ0v) is 18.5. The maximum Gasteiger partial charge on any atom is 0.228 e. The van der Waals surface area contributed by atoms with Crippen molar-refractivity contribution >= 4 is 28.8 Å². The minimum absolute atomic E-state index is 0.0317. The van der Waals surface area contributed by atoms with Crippen molar-refractivity contribution in [2.24, 2.45) is 11.8 Å². The topological polar surface area (TPSA) is 61.4 Å². The average molecular weight is 452 g/mol. The number of carbonyl (C=O) groups excluding carboxylic acids is 2. The van der Waals surface area contributed by atoms with Crippen LogP contribution in [0, 0.1) is 17.7 Å². The van der Waals surface area contributed by atoms with Gasteiger partial charge in [0, 0.05) is 30.2 Å². The largest absolute Gasteiger partial charge is 0.351 e. The van der Waals surface area contributed by atoms with Crippen LogP contribution in [0.25, 0.3) is 0 Å². The SMILES string of the molecule is O=C(NCc1cccs1)[C@H]1C[C@@H](C(=O)Nc2ccc(F)cc2)CN(Cc2ccccc2)C1. The second kappa shape index (κ2) is 10.5. The minimum atomic E-state index is -0.350. The van der Waals surface area contributed by atoms with Crippen LogP contribution in [0.1, 0.15) is 16.9 Å². The summed E-state index contributed by atoms with van der Waals surface area (Å²) in [7, 11) is 0. The first-order chi connectivity index (χ1) is 15.6. The van der Waals surface area contributed by atoms with Crippen molar-refractivity contribution in [2.75, 3.05) is 18.4 Å². The van der Waals surface area contributed by atoms with Crippen LogP contribution in [0.3, 0.4) is 0 Å². The molecule has 1 aliphatic rings. The highest BCUT2D eigenvalue weighted by molar-refractivity contribution is 7.09. The van der Waals surface area contributed by atoms with Crippen LogP contribution in [0.4, 0.5) is 10.1 Å². The van der Waals surface area contributed by atoms with Gasteiger partial charge in [0.15, 0.2) is 0 Å². The Hall–Kier alpha value is -3.03. The van der Waals surface area contributed by atoms with Gasteiger partial charge in [-0.1, -0.05) is 36.4 Å². The van der Waals surface area contributed by atoms with Gasteiger partial charge < -0.3 is 10.6 Å². The van der Waals surface area contributed by atoms with Gasteiger partial charge in [-0.25, -0.2) is 4.39 Å². The number of carbonyl (C=O) groups is 2. The Morgan fingerprint density at radius 2 is 1.66 bits per heavy atom. The number of thiophene rings is 1. The fourth-order valence-corrected chi connectivity index (χ4v) is 4.69. The predicted molar refractivity (Wildman–Crippen MR) is 125 cm³/mol. The number of halogens is 1. The molecule has 7 heteroatoms.